The van der Waals surface area contributed by atoms with Gasteiger partial charge in [-0.1, -0.05) is 17.7 Å². The number of hydrogen-bond acceptors (Lipinski definition) is 6. The molecule has 1 fully saturated rings. The van der Waals surface area contributed by atoms with Gasteiger partial charge >= 0.3 is 0 Å². The summed E-state index contributed by atoms with van der Waals surface area (Å²) >= 11 is 6.05. The van der Waals surface area contributed by atoms with E-state index >= 15 is 0 Å². The molecule has 1 aliphatic rings. The van der Waals surface area contributed by atoms with E-state index in [-0.39, 0.29) is 19.0 Å². The maximum Gasteiger partial charge on any atom is 0.236 e. The Bertz CT molecular complexity index is 809. The second-order valence-electron chi connectivity index (χ2n) is 6.63. The molecule has 1 saturated heterocycles. The van der Waals surface area contributed by atoms with Crippen LogP contribution in [0.1, 0.15) is 5.56 Å². The molecule has 2 heterocycles. The predicted molar refractivity (Wildman–Crippen MR) is 105 cm³/mol. The van der Waals surface area contributed by atoms with Crippen LogP contribution in [0.15, 0.2) is 30.6 Å². The van der Waals surface area contributed by atoms with Crippen LogP contribution in [0, 0.1) is 5.82 Å². The van der Waals surface area contributed by atoms with Crippen LogP contribution in [0.25, 0.3) is 0 Å². The fourth-order valence-electron chi connectivity index (χ4n) is 3.04. The van der Waals surface area contributed by atoms with Gasteiger partial charge in [-0.2, -0.15) is 4.98 Å². The molecule has 28 heavy (non-hydrogen) atoms. The van der Waals surface area contributed by atoms with Crippen LogP contribution in [-0.2, 0) is 11.3 Å². The number of hydrogen-bond donors (Lipinski definition) is 0. The number of rotatable bonds is 6. The fourth-order valence-corrected chi connectivity index (χ4v) is 3.27. The summed E-state index contributed by atoms with van der Waals surface area (Å²) < 4.78 is 19.0. The topological polar surface area (TPSA) is 61.8 Å². The molecular weight excluding hydrogens is 385 g/mol. The van der Waals surface area contributed by atoms with Gasteiger partial charge in [0.15, 0.2) is 5.82 Å². The second-order valence-corrected chi connectivity index (χ2v) is 7.04. The molecule has 1 aliphatic heterocycles. The zero-order valence-corrected chi connectivity index (χ0v) is 16.7. The van der Waals surface area contributed by atoms with E-state index in [1.807, 2.05) is 0 Å². The zero-order chi connectivity index (χ0) is 20.1. The van der Waals surface area contributed by atoms with Gasteiger partial charge in [0.05, 0.1) is 26.0 Å². The Balaban J connectivity index is 1.52. The number of aromatic nitrogens is 2. The molecule has 0 atom stereocenters. The highest BCUT2D eigenvalue weighted by Gasteiger charge is 2.22. The molecule has 0 spiro atoms. The Kier molecular flexibility index (Phi) is 6.64. The molecular formula is C19H23ClFN5O2. The summed E-state index contributed by atoms with van der Waals surface area (Å²) in [6.45, 7) is 3.33. The minimum absolute atomic E-state index is 0.0751. The van der Waals surface area contributed by atoms with Gasteiger partial charge in [0, 0.05) is 50.4 Å². The van der Waals surface area contributed by atoms with Gasteiger partial charge in [0.25, 0.3) is 0 Å². The van der Waals surface area contributed by atoms with Gasteiger partial charge in [-0.05, 0) is 12.1 Å². The normalized spacial score (nSPS) is 14.8. The molecule has 1 amide bonds. The molecule has 1 aromatic heterocycles. The van der Waals surface area contributed by atoms with Crippen LogP contribution in [0.2, 0.25) is 5.02 Å². The average molecular weight is 408 g/mol. The molecule has 0 saturated carbocycles. The second kappa shape index (κ2) is 9.16. The maximum atomic E-state index is 13.9. The molecule has 0 N–H and O–H groups in total. The van der Waals surface area contributed by atoms with Crippen LogP contribution in [0.5, 0.6) is 5.88 Å². The van der Waals surface area contributed by atoms with Crippen molar-refractivity contribution in [2.45, 2.75) is 6.54 Å². The van der Waals surface area contributed by atoms with E-state index in [9.17, 15) is 9.18 Å². The number of benzene rings is 1. The van der Waals surface area contributed by atoms with Crippen molar-refractivity contribution < 1.29 is 13.9 Å². The lowest BCUT2D eigenvalue weighted by Gasteiger charge is -2.35. The average Bonchev–Trinajstić information content (AvgIpc) is 2.71. The van der Waals surface area contributed by atoms with Crippen molar-refractivity contribution in [1.82, 2.24) is 19.8 Å². The van der Waals surface area contributed by atoms with Crippen molar-refractivity contribution in [2.24, 2.45) is 0 Å². The standard InChI is InChI=1S/C19H23ClFN5O2/c1-24(12-14-15(20)4-3-5-16(14)21)19(27)13-25-6-8-26(9-7-25)17-10-22-11-18(23-17)28-2/h3-5,10-11H,6-9,12-13H2,1-2H3. The van der Waals surface area contributed by atoms with E-state index in [2.05, 4.69) is 19.8 Å². The third-order valence-corrected chi connectivity index (χ3v) is 5.10. The summed E-state index contributed by atoms with van der Waals surface area (Å²) in [6.07, 6.45) is 3.27. The van der Waals surface area contributed by atoms with E-state index in [1.54, 1.807) is 38.7 Å². The molecule has 3 rings (SSSR count). The minimum Gasteiger partial charge on any atom is -0.480 e. The summed E-state index contributed by atoms with van der Waals surface area (Å²) in [7, 11) is 3.22. The number of methoxy groups -OCH3 is 1. The lowest BCUT2D eigenvalue weighted by molar-refractivity contribution is -0.131. The van der Waals surface area contributed by atoms with Crippen LogP contribution >= 0.6 is 11.6 Å². The van der Waals surface area contributed by atoms with E-state index in [4.69, 9.17) is 16.3 Å². The molecule has 0 aliphatic carbocycles. The third-order valence-electron chi connectivity index (χ3n) is 4.75. The highest BCUT2D eigenvalue weighted by molar-refractivity contribution is 6.31. The van der Waals surface area contributed by atoms with Crippen molar-refractivity contribution in [2.75, 3.05) is 51.8 Å². The molecule has 0 bridgehead atoms. The molecule has 0 radical (unpaired) electrons. The molecule has 7 nitrogen and oxygen atoms in total. The lowest BCUT2D eigenvalue weighted by Crippen LogP contribution is -2.49. The van der Waals surface area contributed by atoms with Crippen molar-refractivity contribution >= 4 is 23.3 Å². The van der Waals surface area contributed by atoms with Gasteiger partial charge in [0.1, 0.15) is 5.82 Å². The number of amides is 1. The number of nitrogens with zero attached hydrogens (tertiary/aromatic N) is 5. The van der Waals surface area contributed by atoms with Gasteiger partial charge < -0.3 is 14.5 Å². The first-order valence-corrected chi connectivity index (χ1v) is 9.36. The Morgan fingerprint density at radius 2 is 2.04 bits per heavy atom. The number of likely N-dealkylation sites (N-methyl/N-ethyl adjacent to an activating group) is 1. The SMILES string of the molecule is COc1cncc(N2CCN(CC(=O)N(C)Cc3c(F)cccc3Cl)CC2)n1. The van der Waals surface area contributed by atoms with Crippen LogP contribution in [0.4, 0.5) is 10.2 Å². The monoisotopic (exact) mass is 407 g/mol. The minimum atomic E-state index is -0.403. The quantitative estimate of drug-likeness (QED) is 0.730. The summed E-state index contributed by atoms with van der Waals surface area (Å²) in [5, 5.41) is 0.327. The van der Waals surface area contributed by atoms with Gasteiger partial charge in [-0.15, -0.1) is 0 Å². The summed E-state index contributed by atoms with van der Waals surface area (Å²) in [4.78, 5) is 26.8. The first-order valence-electron chi connectivity index (χ1n) is 8.98. The molecule has 0 unspecified atom stereocenters. The van der Waals surface area contributed by atoms with Crippen LogP contribution in [0.3, 0.4) is 0 Å². The number of ether oxygens (including phenoxy) is 1. The van der Waals surface area contributed by atoms with E-state index < -0.39 is 5.82 Å². The smallest absolute Gasteiger partial charge is 0.236 e. The van der Waals surface area contributed by atoms with E-state index in [0.29, 0.717) is 16.5 Å². The predicted octanol–water partition coefficient (Wildman–Crippen LogP) is 2.06. The number of carbonyl (C=O) groups is 1. The van der Waals surface area contributed by atoms with E-state index in [1.165, 1.54) is 11.0 Å². The molecule has 2 aromatic rings. The highest BCUT2D eigenvalue weighted by atomic mass is 35.5. The van der Waals surface area contributed by atoms with Crippen LogP contribution in [-0.4, -0.2) is 72.6 Å². The highest BCUT2D eigenvalue weighted by Crippen LogP contribution is 2.20. The summed E-state index contributed by atoms with van der Waals surface area (Å²) in [5.41, 5.74) is 0.335. The fraction of sp³-hybridized carbons (Fsp3) is 0.421. The maximum absolute atomic E-state index is 13.9. The van der Waals surface area contributed by atoms with Gasteiger partial charge in [0.2, 0.25) is 11.8 Å². The van der Waals surface area contributed by atoms with Crippen molar-refractivity contribution in [3.8, 4) is 5.88 Å². The van der Waals surface area contributed by atoms with Crippen molar-refractivity contribution in [3.05, 3.63) is 47.0 Å². The van der Waals surface area contributed by atoms with Gasteiger partial charge in [-0.3, -0.25) is 14.7 Å². The van der Waals surface area contributed by atoms with E-state index in [0.717, 1.165) is 32.0 Å². The van der Waals surface area contributed by atoms with Crippen molar-refractivity contribution in [3.63, 3.8) is 0 Å². The summed E-state index contributed by atoms with van der Waals surface area (Å²) in [6, 6.07) is 4.52. The number of anilines is 1. The Morgan fingerprint density at radius 1 is 1.29 bits per heavy atom. The zero-order valence-electron chi connectivity index (χ0n) is 15.9. The lowest BCUT2D eigenvalue weighted by atomic mass is 10.2. The molecule has 9 heteroatoms. The van der Waals surface area contributed by atoms with Crippen molar-refractivity contribution in [1.29, 1.82) is 0 Å². The Morgan fingerprint density at radius 3 is 2.71 bits per heavy atom. The largest absolute Gasteiger partial charge is 0.480 e. The number of halogens is 2. The number of carbonyl (C=O) groups excluding carboxylic acids is 1. The molecule has 150 valence electrons. The first kappa shape index (κ1) is 20.3. The molecule has 1 aromatic carbocycles. The Labute approximate surface area is 168 Å². The first-order chi connectivity index (χ1) is 13.5. The summed E-state index contributed by atoms with van der Waals surface area (Å²) in [5.74, 6) is 0.759. The Hall–Kier alpha value is -2.45. The third kappa shape index (κ3) is 4.88. The van der Waals surface area contributed by atoms with Gasteiger partial charge in [-0.25, -0.2) is 4.39 Å². The van der Waals surface area contributed by atoms with Crippen LogP contribution < -0.4 is 9.64 Å². The number of piperazine rings is 1.